The van der Waals surface area contributed by atoms with E-state index in [2.05, 4.69) is 4.72 Å². The Labute approximate surface area is 142 Å². The van der Waals surface area contributed by atoms with Gasteiger partial charge in [0, 0.05) is 24.3 Å². The van der Waals surface area contributed by atoms with Gasteiger partial charge in [-0.25, -0.2) is 8.42 Å². The van der Waals surface area contributed by atoms with Crippen LogP contribution in [-0.2, 0) is 10.0 Å². The molecular weight excluding hydrogens is 324 g/mol. The molecule has 1 saturated heterocycles. The summed E-state index contributed by atoms with van der Waals surface area (Å²) in [4.78, 5) is 14.0. The molecule has 1 fully saturated rings. The summed E-state index contributed by atoms with van der Waals surface area (Å²) < 4.78 is 27.5. The number of nitrogens with zero attached hydrogens (tertiary/aromatic N) is 1. The number of carbonyl (C=O) groups is 1. The second-order valence-corrected chi connectivity index (χ2v) is 7.76. The van der Waals surface area contributed by atoms with Crippen LogP contribution in [0.4, 0.5) is 5.69 Å². The van der Waals surface area contributed by atoms with Crippen LogP contribution in [0.2, 0.25) is 0 Å². The lowest BCUT2D eigenvalue weighted by Crippen LogP contribution is -2.42. The van der Waals surface area contributed by atoms with E-state index in [-0.39, 0.29) is 10.8 Å². The Balaban J connectivity index is 1.79. The molecule has 2 aromatic carbocycles. The fourth-order valence-electron chi connectivity index (χ4n) is 2.50. The molecule has 0 atom stereocenters. The first-order valence-corrected chi connectivity index (χ1v) is 9.34. The van der Waals surface area contributed by atoms with Crippen LogP contribution in [-0.4, -0.2) is 32.3 Å². The Bertz CT molecular complexity index is 870. The lowest BCUT2D eigenvalue weighted by Gasteiger charge is -2.30. The van der Waals surface area contributed by atoms with Crippen LogP contribution in [0, 0.1) is 13.8 Å². The van der Waals surface area contributed by atoms with E-state index in [4.69, 9.17) is 0 Å². The summed E-state index contributed by atoms with van der Waals surface area (Å²) in [5, 5.41) is 0. The lowest BCUT2D eigenvalue weighted by molar-refractivity contribution is 0.0651. The molecule has 0 saturated carbocycles. The number of aryl methyl sites for hydroxylation is 2. The minimum absolute atomic E-state index is 0.0488. The highest BCUT2D eigenvalue weighted by Gasteiger charge is 2.22. The highest BCUT2D eigenvalue weighted by atomic mass is 32.2. The third-order valence-electron chi connectivity index (χ3n) is 4.31. The predicted octanol–water partition coefficient (Wildman–Crippen LogP) is 2.95. The molecule has 126 valence electrons. The van der Waals surface area contributed by atoms with E-state index in [1.54, 1.807) is 29.2 Å². The second-order valence-electron chi connectivity index (χ2n) is 6.07. The SMILES string of the molecule is Cc1ccc(NS(=O)(=O)c2ccc(C(=O)N3CCC3)cc2)cc1C. The van der Waals surface area contributed by atoms with Gasteiger partial charge < -0.3 is 4.90 Å². The van der Waals surface area contributed by atoms with Crippen LogP contribution >= 0.6 is 0 Å². The van der Waals surface area contributed by atoms with Gasteiger partial charge in [0.2, 0.25) is 0 Å². The molecule has 0 unspecified atom stereocenters. The average molecular weight is 344 g/mol. The number of benzene rings is 2. The number of rotatable bonds is 4. The van der Waals surface area contributed by atoms with E-state index in [9.17, 15) is 13.2 Å². The summed E-state index contributed by atoms with van der Waals surface area (Å²) in [5.41, 5.74) is 3.16. The smallest absolute Gasteiger partial charge is 0.261 e. The van der Waals surface area contributed by atoms with Gasteiger partial charge in [0.25, 0.3) is 15.9 Å². The minimum Gasteiger partial charge on any atom is -0.339 e. The Kier molecular flexibility index (Phi) is 4.32. The van der Waals surface area contributed by atoms with Gasteiger partial charge in [0.1, 0.15) is 0 Å². The van der Waals surface area contributed by atoms with E-state index in [0.29, 0.717) is 11.3 Å². The van der Waals surface area contributed by atoms with E-state index in [1.165, 1.54) is 12.1 Å². The van der Waals surface area contributed by atoms with Crippen molar-refractivity contribution in [2.24, 2.45) is 0 Å². The van der Waals surface area contributed by atoms with Crippen LogP contribution in [0.3, 0.4) is 0 Å². The molecule has 1 aliphatic rings. The zero-order chi connectivity index (χ0) is 17.3. The quantitative estimate of drug-likeness (QED) is 0.927. The van der Waals surface area contributed by atoms with E-state index < -0.39 is 10.0 Å². The average Bonchev–Trinajstić information content (AvgIpc) is 2.49. The molecule has 3 rings (SSSR count). The highest BCUT2D eigenvalue weighted by Crippen LogP contribution is 2.20. The molecule has 0 bridgehead atoms. The fourth-order valence-corrected chi connectivity index (χ4v) is 3.55. The number of anilines is 1. The molecule has 1 amide bonds. The standard InChI is InChI=1S/C18H20N2O3S/c1-13-4-7-16(12-14(13)2)19-24(22,23)17-8-5-15(6-9-17)18(21)20-10-3-11-20/h4-9,12,19H,3,10-11H2,1-2H3. The van der Waals surface area contributed by atoms with E-state index in [1.807, 2.05) is 19.9 Å². The summed E-state index contributed by atoms with van der Waals surface area (Å²) in [7, 11) is -3.67. The van der Waals surface area contributed by atoms with Gasteiger partial charge in [-0.1, -0.05) is 6.07 Å². The third-order valence-corrected chi connectivity index (χ3v) is 5.71. The zero-order valence-electron chi connectivity index (χ0n) is 13.7. The van der Waals surface area contributed by atoms with Gasteiger partial charge in [-0.15, -0.1) is 0 Å². The lowest BCUT2D eigenvalue weighted by atomic mass is 10.1. The normalized spacial score (nSPS) is 14.2. The van der Waals surface area contributed by atoms with E-state index >= 15 is 0 Å². The number of carbonyl (C=O) groups excluding carboxylic acids is 1. The van der Waals surface area contributed by atoms with Gasteiger partial charge in [0.15, 0.2) is 0 Å². The van der Waals surface area contributed by atoms with Crippen LogP contribution in [0.15, 0.2) is 47.4 Å². The zero-order valence-corrected chi connectivity index (χ0v) is 14.6. The molecule has 0 radical (unpaired) electrons. The van der Waals surface area contributed by atoms with Crippen LogP contribution < -0.4 is 4.72 Å². The third kappa shape index (κ3) is 3.28. The minimum atomic E-state index is -3.67. The summed E-state index contributed by atoms with van der Waals surface area (Å²) in [5.74, 6) is -0.0488. The molecule has 6 heteroatoms. The van der Waals surface area contributed by atoms with Crippen molar-refractivity contribution in [2.45, 2.75) is 25.2 Å². The molecule has 24 heavy (non-hydrogen) atoms. The largest absolute Gasteiger partial charge is 0.339 e. The molecule has 2 aromatic rings. The van der Waals surface area contributed by atoms with Crippen LogP contribution in [0.5, 0.6) is 0 Å². The summed E-state index contributed by atoms with van der Waals surface area (Å²) in [6.07, 6.45) is 1.03. The van der Waals surface area contributed by atoms with Gasteiger partial charge in [0.05, 0.1) is 4.90 Å². The molecule has 1 aliphatic heterocycles. The van der Waals surface area contributed by atoms with Gasteiger partial charge in [-0.05, 0) is 67.8 Å². The first kappa shape index (κ1) is 16.5. The van der Waals surface area contributed by atoms with Crippen molar-refractivity contribution in [1.29, 1.82) is 0 Å². The maximum atomic E-state index is 12.5. The number of nitrogens with one attached hydrogen (secondary N) is 1. The second kappa shape index (κ2) is 6.28. The maximum absolute atomic E-state index is 12.5. The topological polar surface area (TPSA) is 66.5 Å². The number of sulfonamides is 1. The van der Waals surface area contributed by atoms with Gasteiger partial charge in [-0.2, -0.15) is 0 Å². The molecule has 0 spiro atoms. The van der Waals surface area contributed by atoms with Crippen molar-refractivity contribution < 1.29 is 13.2 Å². The van der Waals surface area contributed by atoms with E-state index in [0.717, 1.165) is 30.6 Å². The predicted molar refractivity (Wildman–Crippen MR) is 93.7 cm³/mol. The van der Waals surface area contributed by atoms with Crippen molar-refractivity contribution in [2.75, 3.05) is 17.8 Å². The monoisotopic (exact) mass is 344 g/mol. The summed E-state index contributed by atoms with van der Waals surface area (Å²) in [6, 6.07) is 11.5. The first-order chi connectivity index (χ1) is 11.4. The molecule has 0 aromatic heterocycles. The Morgan fingerprint density at radius 3 is 2.21 bits per heavy atom. The number of hydrogen-bond donors (Lipinski definition) is 1. The molecular formula is C18H20N2O3S. The van der Waals surface area contributed by atoms with Crippen molar-refractivity contribution in [1.82, 2.24) is 4.90 Å². The molecule has 1 N–H and O–H groups in total. The molecule has 5 nitrogen and oxygen atoms in total. The van der Waals surface area contributed by atoms with Crippen molar-refractivity contribution in [3.05, 3.63) is 59.2 Å². The summed E-state index contributed by atoms with van der Waals surface area (Å²) >= 11 is 0. The Hall–Kier alpha value is -2.34. The highest BCUT2D eigenvalue weighted by molar-refractivity contribution is 7.92. The number of likely N-dealkylation sites (tertiary alicyclic amines) is 1. The summed E-state index contributed by atoms with van der Waals surface area (Å²) in [6.45, 7) is 5.45. The number of hydrogen-bond acceptors (Lipinski definition) is 3. The van der Waals surface area contributed by atoms with Crippen LogP contribution in [0.1, 0.15) is 27.9 Å². The van der Waals surface area contributed by atoms with Crippen molar-refractivity contribution >= 4 is 21.6 Å². The molecule has 1 heterocycles. The Morgan fingerprint density at radius 2 is 1.67 bits per heavy atom. The maximum Gasteiger partial charge on any atom is 0.261 e. The van der Waals surface area contributed by atoms with Crippen molar-refractivity contribution in [3.63, 3.8) is 0 Å². The van der Waals surface area contributed by atoms with Gasteiger partial charge in [-0.3, -0.25) is 9.52 Å². The van der Waals surface area contributed by atoms with Gasteiger partial charge >= 0.3 is 0 Å². The number of amides is 1. The fraction of sp³-hybridized carbons (Fsp3) is 0.278. The molecule has 0 aliphatic carbocycles. The Morgan fingerprint density at radius 1 is 1.00 bits per heavy atom. The van der Waals surface area contributed by atoms with Crippen molar-refractivity contribution in [3.8, 4) is 0 Å². The first-order valence-electron chi connectivity index (χ1n) is 7.86. The van der Waals surface area contributed by atoms with Crippen LogP contribution in [0.25, 0.3) is 0 Å².